The Labute approximate surface area is 114 Å². The molecule has 0 saturated carbocycles. The van der Waals surface area contributed by atoms with E-state index in [4.69, 9.17) is 5.26 Å². The fraction of sp³-hybridized carbons (Fsp3) is 0.533. The largest absolute Gasteiger partial charge is 0.389 e. The lowest BCUT2D eigenvalue weighted by Crippen LogP contribution is -2.46. The SMILES string of the molecule is CCN1CCN(c2cc(C#N)ccc2[C@@H](C)O)CC1. The Balaban J connectivity index is 2.25. The molecule has 1 saturated heterocycles. The van der Waals surface area contributed by atoms with E-state index in [2.05, 4.69) is 22.8 Å². The molecular weight excluding hydrogens is 238 g/mol. The molecule has 19 heavy (non-hydrogen) atoms. The number of nitrogens with zero attached hydrogens (tertiary/aromatic N) is 3. The smallest absolute Gasteiger partial charge is 0.0992 e. The summed E-state index contributed by atoms with van der Waals surface area (Å²) >= 11 is 0. The van der Waals surface area contributed by atoms with Crippen LogP contribution in [0, 0.1) is 11.3 Å². The predicted octanol–water partition coefficient (Wildman–Crippen LogP) is 1.75. The van der Waals surface area contributed by atoms with Crippen molar-refractivity contribution in [3.8, 4) is 6.07 Å². The third-order valence-corrected chi connectivity index (χ3v) is 3.77. The third kappa shape index (κ3) is 3.06. The second-order valence-corrected chi connectivity index (χ2v) is 4.98. The van der Waals surface area contributed by atoms with Gasteiger partial charge in [0, 0.05) is 37.4 Å². The van der Waals surface area contributed by atoms with Crippen molar-refractivity contribution in [2.75, 3.05) is 37.6 Å². The highest BCUT2D eigenvalue weighted by molar-refractivity contribution is 5.58. The van der Waals surface area contributed by atoms with Gasteiger partial charge in [-0.25, -0.2) is 0 Å². The predicted molar refractivity (Wildman–Crippen MR) is 76.1 cm³/mol. The molecule has 4 nitrogen and oxygen atoms in total. The van der Waals surface area contributed by atoms with Gasteiger partial charge in [0.25, 0.3) is 0 Å². The van der Waals surface area contributed by atoms with Gasteiger partial charge >= 0.3 is 0 Å². The van der Waals surface area contributed by atoms with E-state index in [1.54, 1.807) is 13.0 Å². The summed E-state index contributed by atoms with van der Waals surface area (Å²) in [5.41, 5.74) is 2.56. The van der Waals surface area contributed by atoms with Crippen LogP contribution in [0.5, 0.6) is 0 Å². The van der Waals surface area contributed by atoms with Gasteiger partial charge in [0.05, 0.1) is 17.7 Å². The monoisotopic (exact) mass is 259 g/mol. The van der Waals surface area contributed by atoms with Crippen LogP contribution in [-0.4, -0.2) is 42.7 Å². The van der Waals surface area contributed by atoms with Gasteiger partial charge in [0.2, 0.25) is 0 Å². The highest BCUT2D eigenvalue weighted by atomic mass is 16.3. The van der Waals surface area contributed by atoms with Crippen molar-refractivity contribution in [3.63, 3.8) is 0 Å². The number of likely N-dealkylation sites (N-methyl/N-ethyl adjacent to an activating group) is 1. The van der Waals surface area contributed by atoms with Crippen molar-refractivity contribution in [3.05, 3.63) is 29.3 Å². The highest BCUT2D eigenvalue weighted by Crippen LogP contribution is 2.28. The fourth-order valence-electron chi connectivity index (χ4n) is 2.55. The molecule has 2 rings (SSSR count). The Bertz CT molecular complexity index is 471. The van der Waals surface area contributed by atoms with Gasteiger partial charge in [0.1, 0.15) is 0 Å². The average molecular weight is 259 g/mol. The number of hydrogen-bond acceptors (Lipinski definition) is 4. The van der Waals surface area contributed by atoms with Crippen molar-refractivity contribution >= 4 is 5.69 Å². The molecule has 0 aliphatic carbocycles. The second-order valence-electron chi connectivity index (χ2n) is 4.98. The number of hydrogen-bond donors (Lipinski definition) is 1. The molecule has 4 heteroatoms. The first-order valence-corrected chi connectivity index (χ1v) is 6.85. The molecule has 0 aromatic heterocycles. The number of nitriles is 1. The number of aliphatic hydroxyl groups is 1. The Morgan fingerprint density at radius 2 is 2.00 bits per heavy atom. The maximum Gasteiger partial charge on any atom is 0.0992 e. The van der Waals surface area contributed by atoms with E-state index in [1.165, 1.54) is 0 Å². The summed E-state index contributed by atoms with van der Waals surface area (Å²) in [4.78, 5) is 4.68. The molecule has 0 amide bonds. The molecule has 1 N–H and O–H groups in total. The summed E-state index contributed by atoms with van der Waals surface area (Å²) in [6.07, 6.45) is -0.507. The molecule has 1 aliphatic heterocycles. The van der Waals surface area contributed by atoms with E-state index in [-0.39, 0.29) is 0 Å². The quantitative estimate of drug-likeness (QED) is 0.898. The Morgan fingerprint density at radius 1 is 1.32 bits per heavy atom. The molecule has 0 bridgehead atoms. The van der Waals surface area contributed by atoms with Gasteiger partial charge in [-0.3, -0.25) is 0 Å². The molecule has 0 unspecified atom stereocenters. The standard InChI is InChI=1S/C15H21N3O/c1-3-17-6-8-18(9-7-17)15-10-13(11-16)4-5-14(15)12(2)19/h4-5,10,12,19H,3,6-9H2,1-2H3/t12-/m1/s1. The summed E-state index contributed by atoms with van der Waals surface area (Å²) in [5.74, 6) is 0. The fourth-order valence-corrected chi connectivity index (χ4v) is 2.55. The number of rotatable bonds is 3. The van der Waals surface area contributed by atoms with E-state index >= 15 is 0 Å². The second kappa shape index (κ2) is 6.05. The van der Waals surface area contributed by atoms with Crippen LogP contribution in [0.3, 0.4) is 0 Å². The summed E-state index contributed by atoms with van der Waals surface area (Å²) in [6.45, 7) is 8.99. The molecule has 0 radical (unpaired) electrons. The normalized spacial score (nSPS) is 18.1. The van der Waals surface area contributed by atoms with Crippen molar-refractivity contribution in [1.82, 2.24) is 4.90 Å². The van der Waals surface area contributed by atoms with Gasteiger partial charge in [-0.05, 0) is 25.6 Å². The zero-order valence-corrected chi connectivity index (χ0v) is 11.6. The van der Waals surface area contributed by atoms with E-state index in [0.717, 1.165) is 44.0 Å². The minimum absolute atomic E-state index is 0.507. The Morgan fingerprint density at radius 3 is 2.53 bits per heavy atom. The van der Waals surface area contributed by atoms with E-state index in [0.29, 0.717) is 5.56 Å². The Hall–Kier alpha value is -1.57. The summed E-state index contributed by atoms with van der Waals surface area (Å²) in [7, 11) is 0. The van der Waals surface area contributed by atoms with Crippen LogP contribution in [-0.2, 0) is 0 Å². The lowest BCUT2D eigenvalue weighted by Gasteiger charge is -2.36. The van der Waals surface area contributed by atoms with Crippen LogP contribution in [0.4, 0.5) is 5.69 Å². The molecular formula is C15H21N3O. The van der Waals surface area contributed by atoms with Gasteiger partial charge in [-0.15, -0.1) is 0 Å². The van der Waals surface area contributed by atoms with Gasteiger partial charge in [0.15, 0.2) is 0 Å². The van der Waals surface area contributed by atoms with E-state index in [1.807, 2.05) is 12.1 Å². The molecule has 0 spiro atoms. The van der Waals surface area contributed by atoms with Gasteiger partial charge in [-0.2, -0.15) is 5.26 Å². The number of anilines is 1. The molecule has 1 aromatic rings. The van der Waals surface area contributed by atoms with E-state index in [9.17, 15) is 5.11 Å². The lowest BCUT2D eigenvalue weighted by atomic mass is 10.0. The summed E-state index contributed by atoms with van der Waals surface area (Å²) in [5, 5.41) is 18.9. The van der Waals surface area contributed by atoms with Crippen LogP contribution in [0.1, 0.15) is 31.1 Å². The third-order valence-electron chi connectivity index (χ3n) is 3.77. The zero-order chi connectivity index (χ0) is 13.8. The lowest BCUT2D eigenvalue weighted by molar-refractivity contribution is 0.199. The van der Waals surface area contributed by atoms with Crippen LogP contribution in [0.15, 0.2) is 18.2 Å². The maximum absolute atomic E-state index is 9.88. The number of aliphatic hydroxyl groups excluding tert-OH is 1. The Kier molecular flexibility index (Phi) is 4.41. The first kappa shape index (κ1) is 13.9. The average Bonchev–Trinajstić information content (AvgIpc) is 2.46. The molecule has 1 heterocycles. The molecule has 1 atom stereocenters. The van der Waals surface area contributed by atoms with Crippen LogP contribution in [0.2, 0.25) is 0 Å². The van der Waals surface area contributed by atoms with Crippen LogP contribution >= 0.6 is 0 Å². The maximum atomic E-state index is 9.88. The minimum atomic E-state index is -0.507. The highest BCUT2D eigenvalue weighted by Gasteiger charge is 2.20. The summed E-state index contributed by atoms with van der Waals surface area (Å²) < 4.78 is 0. The number of benzene rings is 1. The van der Waals surface area contributed by atoms with Crippen LogP contribution < -0.4 is 4.90 Å². The van der Waals surface area contributed by atoms with Crippen molar-refractivity contribution in [2.24, 2.45) is 0 Å². The van der Waals surface area contributed by atoms with Crippen LogP contribution in [0.25, 0.3) is 0 Å². The minimum Gasteiger partial charge on any atom is -0.389 e. The topological polar surface area (TPSA) is 50.5 Å². The first-order valence-electron chi connectivity index (χ1n) is 6.85. The molecule has 1 aliphatic rings. The molecule has 102 valence electrons. The van der Waals surface area contributed by atoms with Crippen molar-refractivity contribution in [2.45, 2.75) is 20.0 Å². The zero-order valence-electron chi connectivity index (χ0n) is 11.6. The first-order chi connectivity index (χ1) is 9.15. The van der Waals surface area contributed by atoms with E-state index < -0.39 is 6.10 Å². The molecule has 1 fully saturated rings. The van der Waals surface area contributed by atoms with Crippen molar-refractivity contribution in [1.29, 1.82) is 5.26 Å². The summed E-state index contributed by atoms with van der Waals surface area (Å²) in [6, 6.07) is 7.70. The van der Waals surface area contributed by atoms with Gasteiger partial charge in [-0.1, -0.05) is 13.0 Å². The van der Waals surface area contributed by atoms with Crippen molar-refractivity contribution < 1.29 is 5.11 Å². The van der Waals surface area contributed by atoms with Gasteiger partial charge < -0.3 is 14.9 Å². The molecule has 1 aromatic carbocycles. The number of piperazine rings is 1.